The van der Waals surface area contributed by atoms with Gasteiger partial charge in [0.25, 0.3) is 6.71 Å². The number of allylic oxidation sites excluding steroid dienone is 4. The summed E-state index contributed by atoms with van der Waals surface area (Å²) in [7, 11) is 0. The Kier molecular flexibility index (Phi) is 7.03. The lowest BCUT2D eigenvalue weighted by molar-refractivity contribution is 0.467. The van der Waals surface area contributed by atoms with Crippen LogP contribution in [0.4, 0.5) is 0 Å². The average molecular weight is 605 g/mol. The van der Waals surface area contributed by atoms with E-state index in [1.54, 1.807) is 0 Å². The summed E-state index contributed by atoms with van der Waals surface area (Å²) in [5, 5.41) is 0. The van der Waals surface area contributed by atoms with Crippen LogP contribution in [0.15, 0.2) is 158 Å². The zero-order valence-electron chi connectivity index (χ0n) is 26.6. The summed E-state index contributed by atoms with van der Waals surface area (Å²) < 4.78 is 14.0. The van der Waals surface area contributed by atoms with Crippen molar-refractivity contribution in [1.82, 2.24) is 0 Å². The van der Waals surface area contributed by atoms with Crippen LogP contribution in [0.25, 0.3) is 39.0 Å². The summed E-state index contributed by atoms with van der Waals surface area (Å²) in [6.45, 7) is 12.2. The van der Waals surface area contributed by atoms with E-state index in [1.165, 1.54) is 11.1 Å². The molecule has 2 nitrogen and oxygen atoms in total. The first-order valence-electron chi connectivity index (χ1n) is 16.0. The molecular formula is C44H33BO2. The van der Waals surface area contributed by atoms with E-state index in [9.17, 15) is 0 Å². The highest BCUT2D eigenvalue weighted by atomic mass is 16.5. The Hall–Kier alpha value is -5.80. The van der Waals surface area contributed by atoms with E-state index >= 15 is 0 Å². The Morgan fingerprint density at radius 1 is 0.574 bits per heavy atom. The minimum atomic E-state index is -0.0877. The lowest BCUT2D eigenvalue weighted by atomic mass is 9.34. The molecule has 0 saturated carbocycles. The molecule has 6 aromatic carbocycles. The molecule has 224 valence electrons. The van der Waals surface area contributed by atoms with Gasteiger partial charge in [-0.3, -0.25) is 0 Å². The highest BCUT2D eigenvalue weighted by molar-refractivity contribution is 6.98. The maximum Gasteiger partial charge on any atom is 0.260 e. The van der Waals surface area contributed by atoms with Crippen LogP contribution < -0.4 is 25.9 Å². The van der Waals surface area contributed by atoms with Crippen molar-refractivity contribution in [3.63, 3.8) is 0 Å². The summed E-state index contributed by atoms with van der Waals surface area (Å²) in [6, 6.07) is 45.0. The molecule has 0 unspecified atom stereocenters. The van der Waals surface area contributed by atoms with Crippen molar-refractivity contribution in [3.05, 3.63) is 169 Å². The third kappa shape index (κ3) is 4.75. The molecule has 0 radical (unpaired) electrons. The van der Waals surface area contributed by atoms with E-state index in [1.807, 2.05) is 18.2 Å². The molecule has 0 aromatic heterocycles. The van der Waals surface area contributed by atoms with E-state index in [0.29, 0.717) is 0 Å². The van der Waals surface area contributed by atoms with Crippen molar-refractivity contribution in [2.24, 2.45) is 0 Å². The van der Waals surface area contributed by atoms with E-state index < -0.39 is 0 Å². The Bertz CT molecular complexity index is 2250. The van der Waals surface area contributed by atoms with Crippen molar-refractivity contribution in [2.75, 3.05) is 0 Å². The molecule has 3 heteroatoms. The molecule has 0 amide bonds. The molecule has 8 rings (SSSR count). The number of hydrogen-bond acceptors (Lipinski definition) is 2. The topological polar surface area (TPSA) is 18.5 Å². The van der Waals surface area contributed by atoms with Gasteiger partial charge in [-0.25, -0.2) is 0 Å². The monoisotopic (exact) mass is 604 g/mol. The number of rotatable bonds is 6. The van der Waals surface area contributed by atoms with Crippen molar-refractivity contribution >= 4 is 28.7 Å². The summed E-state index contributed by atoms with van der Waals surface area (Å²) >= 11 is 0. The molecule has 2 heterocycles. The van der Waals surface area contributed by atoms with Gasteiger partial charge in [0, 0.05) is 16.6 Å². The standard InChI is InChI=1S/C44H33BO2/c1-5-28(3)34(6-2)32-21-23-38-40(25-32)46-43-36(30-16-9-7-10-17-30)27-37(31-18-11-8-12-19-31)44-42(43)45(38)39-24-22-33(26-41(39)47-44)35-20-14-13-15-29(35)4/h5-27H,1-2H2,3-4H3/b34-28+. The second kappa shape index (κ2) is 11.5. The van der Waals surface area contributed by atoms with Crippen LogP contribution >= 0.6 is 0 Å². The minimum Gasteiger partial charge on any atom is -0.458 e. The Morgan fingerprint density at radius 2 is 1.15 bits per heavy atom. The van der Waals surface area contributed by atoms with Gasteiger partial charge >= 0.3 is 0 Å². The quantitative estimate of drug-likeness (QED) is 0.139. The number of ether oxygens (including phenoxy) is 2. The fourth-order valence-electron chi connectivity index (χ4n) is 7.08. The summed E-state index contributed by atoms with van der Waals surface area (Å²) in [4.78, 5) is 0. The van der Waals surface area contributed by atoms with Crippen molar-refractivity contribution in [3.8, 4) is 56.4 Å². The normalized spacial score (nSPS) is 12.9. The molecule has 0 spiro atoms. The van der Waals surface area contributed by atoms with Gasteiger partial charge in [0.2, 0.25) is 0 Å². The van der Waals surface area contributed by atoms with E-state index in [-0.39, 0.29) is 6.71 Å². The smallest absolute Gasteiger partial charge is 0.260 e. The molecule has 2 aliphatic rings. The van der Waals surface area contributed by atoms with Crippen LogP contribution in [0.1, 0.15) is 18.1 Å². The van der Waals surface area contributed by atoms with Crippen LogP contribution in [0, 0.1) is 6.92 Å². The van der Waals surface area contributed by atoms with Gasteiger partial charge in [0.05, 0.1) is 0 Å². The summed E-state index contributed by atoms with van der Waals surface area (Å²) in [6.07, 6.45) is 3.77. The number of hydrogen-bond donors (Lipinski definition) is 0. The molecule has 0 atom stereocenters. The van der Waals surface area contributed by atoms with Gasteiger partial charge in [-0.05, 0) is 87.5 Å². The lowest BCUT2D eigenvalue weighted by Crippen LogP contribution is -2.57. The summed E-state index contributed by atoms with van der Waals surface area (Å²) in [5.41, 5.74) is 14.3. The second-order valence-corrected chi connectivity index (χ2v) is 12.2. The fourth-order valence-corrected chi connectivity index (χ4v) is 7.08. The Balaban J connectivity index is 1.43. The maximum atomic E-state index is 7.03. The molecular weight excluding hydrogens is 571 g/mol. The van der Waals surface area contributed by atoms with Gasteiger partial charge < -0.3 is 9.47 Å². The van der Waals surface area contributed by atoms with Gasteiger partial charge in [0.1, 0.15) is 23.0 Å². The Morgan fingerprint density at radius 3 is 1.74 bits per heavy atom. The van der Waals surface area contributed by atoms with Crippen molar-refractivity contribution in [1.29, 1.82) is 0 Å². The van der Waals surface area contributed by atoms with Gasteiger partial charge in [-0.2, -0.15) is 0 Å². The molecule has 0 fully saturated rings. The highest BCUT2D eigenvalue weighted by Crippen LogP contribution is 2.46. The van der Waals surface area contributed by atoms with E-state index in [0.717, 1.165) is 83.9 Å². The second-order valence-electron chi connectivity index (χ2n) is 12.2. The van der Waals surface area contributed by atoms with Gasteiger partial charge in [0.15, 0.2) is 0 Å². The minimum absolute atomic E-state index is 0.0877. The maximum absolute atomic E-state index is 7.03. The van der Waals surface area contributed by atoms with E-state index in [4.69, 9.17) is 9.47 Å². The summed E-state index contributed by atoms with van der Waals surface area (Å²) in [5.74, 6) is 3.38. The Labute approximate surface area is 277 Å². The predicted octanol–water partition coefficient (Wildman–Crippen LogP) is 9.87. The van der Waals surface area contributed by atoms with E-state index in [2.05, 4.69) is 148 Å². The van der Waals surface area contributed by atoms with Crippen LogP contribution in [-0.4, -0.2) is 6.71 Å². The highest BCUT2D eigenvalue weighted by Gasteiger charge is 2.43. The molecule has 47 heavy (non-hydrogen) atoms. The fraction of sp³-hybridized carbons (Fsp3) is 0.0455. The molecule has 0 N–H and O–H groups in total. The first kappa shape index (κ1) is 28.7. The molecule has 0 saturated heterocycles. The first-order chi connectivity index (χ1) is 23.1. The third-order valence-corrected chi connectivity index (χ3v) is 9.50. The van der Waals surface area contributed by atoms with Crippen LogP contribution in [0.5, 0.6) is 23.0 Å². The average Bonchev–Trinajstić information content (AvgIpc) is 3.12. The first-order valence-corrected chi connectivity index (χ1v) is 16.0. The third-order valence-electron chi connectivity index (χ3n) is 9.50. The van der Waals surface area contributed by atoms with Crippen LogP contribution in [0.2, 0.25) is 0 Å². The van der Waals surface area contributed by atoms with Crippen LogP contribution in [0.3, 0.4) is 0 Å². The van der Waals surface area contributed by atoms with Crippen molar-refractivity contribution < 1.29 is 9.47 Å². The van der Waals surface area contributed by atoms with Crippen LogP contribution in [-0.2, 0) is 0 Å². The molecule has 6 aromatic rings. The number of benzene rings is 6. The zero-order valence-corrected chi connectivity index (χ0v) is 26.6. The predicted molar refractivity (Wildman–Crippen MR) is 198 cm³/mol. The van der Waals surface area contributed by atoms with Gasteiger partial charge in [-0.1, -0.05) is 135 Å². The van der Waals surface area contributed by atoms with Gasteiger partial charge in [-0.15, -0.1) is 0 Å². The zero-order chi connectivity index (χ0) is 32.1. The van der Waals surface area contributed by atoms with Crippen molar-refractivity contribution in [2.45, 2.75) is 13.8 Å². The molecule has 0 aliphatic carbocycles. The number of fused-ring (bicyclic) bond motifs is 4. The molecule has 2 aliphatic heterocycles. The number of aryl methyl sites for hydroxylation is 1. The lowest BCUT2D eigenvalue weighted by Gasteiger charge is -2.36. The largest absolute Gasteiger partial charge is 0.458 e. The SMILES string of the molecule is C=C/C(C)=C(\C=C)c1ccc2c(c1)Oc1c(-c3ccccc3)cc(-c3ccccc3)c3c1B2c1ccc(-c2ccccc2C)cc1O3. The molecule has 0 bridgehead atoms.